The first kappa shape index (κ1) is 26.5. The van der Waals surface area contributed by atoms with Gasteiger partial charge in [-0.25, -0.2) is 13.2 Å². The number of sulfonamides is 1. The summed E-state index contributed by atoms with van der Waals surface area (Å²) in [6, 6.07) is 14.4. The third-order valence-electron chi connectivity index (χ3n) is 7.74. The van der Waals surface area contributed by atoms with Gasteiger partial charge < -0.3 is 19.9 Å². The molecule has 3 aliphatic heterocycles. The molecule has 204 valence electrons. The quantitative estimate of drug-likeness (QED) is 0.582. The highest BCUT2D eigenvalue weighted by Gasteiger charge is 2.42. The fraction of sp³-hybridized carbons (Fsp3) is 0.500. The highest BCUT2D eigenvalue weighted by Crippen LogP contribution is 2.38. The van der Waals surface area contributed by atoms with Crippen molar-refractivity contribution < 1.29 is 22.7 Å². The molecule has 1 atom stereocenters. The molecular formula is C28H36N4O5S. The fourth-order valence-corrected chi connectivity index (χ4v) is 7.23. The number of fused-ring (bicyclic) bond motifs is 1. The summed E-state index contributed by atoms with van der Waals surface area (Å²) in [5.74, 6) is -0.0342. The molecule has 5 rings (SSSR count). The summed E-state index contributed by atoms with van der Waals surface area (Å²) in [6.45, 7) is 4.31. The molecule has 2 amide bonds. The van der Waals surface area contributed by atoms with Crippen LogP contribution in [0.1, 0.15) is 67.5 Å². The Hall–Kier alpha value is -3.11. The lowest BCUT2D eigenvalue weighted by Gasteiger charge is -2.39. The summed E-state index contributed by atoms with van der Waals surface area (Å²) in [7, 11) is -3.53. The third kappa shape index (κ3) is 5.24. The van der Waals surface area contributed by atoms with Crippen LogP contribution in [-0.2, 0) is 14.8 Å². The molecule has 0 bridgehead atoms. The SMILES string of the molecule is CCOC(=O)N1CCC(N2C(=O)c3ccccc3C2Nc2ccc(S(=O)(=O)N3CCCCCC3)cc2)CC1. The Kier molecular flexibility index (Phi) is 7.90. The van der Waals surface area contributed by atoms with Crippen molar-refractivity contribution in [3.05, 3.63) is 59.7 Å². The number of carbonyl (C=O) groups is 2. The number of nitrogens with zero attached hydrogens (tertiary/aromatic N) is 3. The number of likely N-dealkylation sites (tertiary alicyclic amines) is 1. The van der Waals surface area contributed by atoms with Gasteiger partial charge in [0.1, 0.15) is 6.17 Å². The molecule has 1 N–H and O–H groups in total. The molecule has 2 aromatic carbocycles. The second kappa shape index (κ2) is 11.3. The van der Waals surface area contributed by atoms with E-state index in [9.17, 15) is 18.0 Å². The number of amides is 2. The van der Waals surface area contributed by atoms with Gasteiger partial charge in [0.25, 0.3) is 5.91 Å². The molecule has 3 aliphatic rings. The van der Waals surface area contributed by atoms with Gasteiger partial charge in [0.2, 0.25) is 10.0 Å². The molecular weight excluding hydrogens is 504 g/mol. The zero-order chi connectivity index (χ0) is 26.7. The zero-order valence-corrected chi connectivity index (χ0v) is 22.7. The van der Waals surface area contributed by atoms with Crippen LogP contribution in [0.2, 0.25) is 0 Å². The van der Waals surface area contributed by atoms with Crippen LogP contribution in [0.4, 0.5) is 10.5 Å². The zero-order valence-electron chi connectivity index (χ0n) is 21.8. The van der Waals surface area contributed by atoms with E-state index in [2.05, 4.69) is 5.32 Å². The van der Waals surface area contributed by atoms with E-state index in [1.165, 1.54) is 0 Å². The van der Waals surface area contributed by atoms with Gasteiger partial charge in [0.05, 0.1) is 11.5 Å². The van der Waals surface area contributed by atoms with Crippen LogP contribution in [0.25, 0.3) is 0 Å². The van der Waals surface area contributed by atoms with Crippen molar-refractivity contribution >= 4 is 27.7 Å². The van der Waals surface area contributed by atoms with Gasteiger partial charge >= 0.3 is 6.09 Å². The average molecular weight is 541 g/mol. The maximum absolute atomic E-state index is 13.5. The Bertz CT molecular complexity index is 1250. The minimum absolute atomic E-state index is 0.0342. The molecule has 1 unspecified atom stereocenters. The molecule has 0 aliphatic carbocycles. The predicted octanol–water partition coefficient (Wildman–Crippen LogP) is 4.44. The topological polar surface area (TPSA) is 99.3 Å². The standard InChI is InChI=1S/C28H36N4O5S/c1-2-37-28(34)30-19-15-22(16-20-30)32-26(24-9-5-6-10-25(24)27(32)33)29-21-11-13-23(14-12-21)38(35,36)31-17-7-3-4-8-18-31/h5-6,9-14,22,26,29H,2-4,7-8,15-20H2,1H3. The largest absolute Gasteiger partial charge is 0.450 e. The fourth-order valence-electron chi connectivity index (χ4n) is 5.71. The van der Waals surface area contributed by atoms with Crippen molar-refractivity contribution in [1.29, 1.82) is 0 Å². The number of anilines is 1. The summed E-state index contributed by atoms with van der Waals surface area (Å²) in [4.78, 5) is 29.5. The monoisotopic (exact) mass is 540 g/mol. The van der Waals surface area contributed by atoms with Crippen LogP contribution in [0.5, 0.6) is 0 Å². The Balaban J connectivity index is 1.34. The maximum atomic E-state index is 13.5. The van der Waals surface area contributed by atoms with E-state index in [4.69, 9.17) is 4.74 Å². The number of piperidine rings is 1. The lowest BCUT2D eigenvalue weighted by molar-refractivity contribution is 0.0496. The van der Waals surface area contributed by atoms with E-state index in [0.717, 1.165) is 36.9 Å². The first-order valence-corrected chi connectivity index (χ1v) is 15.0. The summed E-state index contributed by atoms with van der Waals surface area (Å²) in [6.07, 6.45) is 4.53. The highest BCUT2D eigenvalue weighted by molar-refractivity contribution is 7.89. The molecule has 38 heavy (non-hydrogen) atoms. The normalized spacial score (nSPS) is 21.2. The van der Waals surface area contributed by atoms with Crippen molar-refractivity contribution in [2.45, 2.75) is 62.6 Å². The number of carbonyl (C=O) groups excluding carboxylic acids is 2. The molecule has 2 fully saturated rings. The van der Waals surface area contributed by atoms with Gasteiger partial charge in [0.15, 0.2) is 0 Å². The number of rotatable bonds is 6. The molecule has 9 nitrogen and oxygen atoms in total. The molecule has 2 saturated heterocycles. The molecule has 0 aromatic heterocycles. The maximum Gasteiger partial charge on any atom is 0.409 e. The van der Waals surface area contributed by atoms with Gasteiger partial charge in [-0.3, -0.25) is 4.79 Å². The van der Waals surface area contributed by atoms with Crippen molar-refractivity contribution in [3.63, 3.8) is 0 Å². The molecule has 0 radical (unpaired) electrons. The summed E-state index contributed by atoms with van der Waals surface area (Å²) in [5.41, 5.74) is 2.30. The number of ether oxygens (including phenoxy) is 1. The Labute approximate surface area is 224 Å². The lowest BCUT2D eigenvalue weighted by Crippen LogP contribution is -2.49. The summed E-state index contributed by atoms with van der Waals surface area (Å²) >= 11 is 0. The van der Waals surface area contributed by atoms with Crippen molar-refractivity contribution in [3.8, 4) is 0 Å². The van der Waals surface area contributed by atoms with Gasteiger partial charge in [-0.05, 0) is 62.9 Å². The number of hydrogen-bond acceptors (Lipinski definition) is 6. The van der Waals surface area contributed by atoms with Crippen LogP contribution < -0.4 is 5.32 Å². The highest BCUT2D eigenvalue weighted by atomic mass is 32.2. The van der Waals surface area contributed by atoms with Crippen LogP contribution in [0.15, 0.2) is 53.4 Å². The first-order valence-electron chi connectivity index (χ1n) is 13.6. The van der Waals surface area contributed by atoms with E-state index in [1.54, 1.807) is 40.4 Å². The second-order valence-electron chi connectivity index (χ2n) is 10.1. The van der Waals surface area contributed by atoms with Gasteiger partial charge in [0, 0.05) is 49.0 Å². The van der Waals surface area contributed by atoms with E-state index >= 15 is 0 Å². The molecule has 3 heterocycles. The molecule has 10 heteroatoms. The van der Waals surface area contributed by atoms with Crippen LogP contribution in [0.3, 0.4) is 0 Å². The van der Waals surface area contributed by atoms with Crippen molar-refractivity contribution in [1.82, 2.24) is 14.1 Å². The van der Waals surface area contributed by atoms with Gasteiger partial charge in [-0.2, -0.15) is 4.31 Å². The Morgan fingerprint density at radius 2 is 1.61 bits per heavy atom. The van der Waals surface area contributed by atoms with E-state index in [0.29, 0.717) is 51.2 Å². The van der Waals surface area contributed by atoms with Crippen LogP contribution in [-0.4, -0.2) is 73.4 Å². The Morgan fingerprint density at radius 1 is 0.947 bits per heavy atom. The molecule has 0 spiro atoms. The summed E-state index contributed by atoms with van der Waals surface area (Å²) in [5, 5.41) is 3.49. The predicted molar refractivity (Wildman–Crippen MR) is 144 cm³/mol. The van der Waals surface area contributed by atoms with Crippen molar-refractivity contribution in [2.75, 3.05) is 38.1 Å². The number of nitrogens with one attached hydrogen (secondary N) is 1. The van der Waals surface area contributed by atoms with Crippen LogP contribution >= 0.6 is 0 Å². The van der Waals surface area contributed by atoms with Crippen molar-refractivity contribution in [2.24, 2.45) is 0 Å². The molecule has 2 aromatic rings. The lowest BCUT2D eigenvalue weighted by atomic mass is 10.0. The third-order valence-corrected chi connectivity index (χ3v) is 9.66. The first-order chi connectivity index (χ1) is 18.4. The van der Waals surface area contributed by atoms with E-state index < -0.39 is 10.0 Å². The van der Waals surface area contributed by atoms with E-state index in [1.807, 2.05) is 29.2 Å². The van der Waals surface area contributed by atoms with Gasteiger partial charge in [-0.1, -0.05) is 31.0 Å². The minimum atomic E-state index is -3.53. The number of benzene rings is 2. The summed E-state index contributed by atoms with van der Waals surface area (Å²) < 4.78 is 33.1. The molecule has 0 saturated carbocycles. The second-order valence-corrected chi connectivity index (χ2v) is 12.0. The van der Waals surface area contributed by atoms with Gasteiger partial charge in [-0.15, -0.1) is 0 Å². The smallest absolute Gasteiger partial charge is 0.409 e. The van der Waals surface area contributed by atoms with E-state index in [-0.39, 0.29) is 29.1 Å². The minimum Gasteiger partial charge on any atom is -0.450 e. The van der Waals surface area contributed by atoms with Crippen LogP contribution in [0, 0.1) is 0 Å². The Morgan fingerprint density at radius 3 is 2.26 bits per heavy atom. The number of hydrogen-bond donors (Lipinski definition) is 1. The average Bonchev–Trinajstić information content (AvgIpc) is 3.09.